The Balaban J connectivity index is 2.12. The van der Waals surface area contributed by atoms with Gasteiger partial charge in [0.25, 0.3) is 0 Å². The number of nitrogens with zero attached hydrogens (tertiary/aromatic N) is 1. The van der Waals surface area contributed by atoms with E-state index in [-0.39, 0.29) is 23.9 Å². The first kappa shape index (κ1) is 9.49. The van der Waals surface area contributed by atoms with E-state index in [0.29, 0.717) is 0 Å². The van der Waals surface area contributed by atoms with Gasteiger partial charge in [-0.2, -0.15) is 0 Å². The molecular weight excluding hydrogens is 180 g/mol. The Kier molecular flexibility index (Phi) is 2.44. The molecule has 0 spiro atoms. The van der Waals surface area contributed by atoms with Crippen molar-refractivity contribution in [2.24, 2.45) is 0 Å². The first-order chi connectivity index (χ1) is 6.74. The van der Waals surface area contributed by atoms with E-state index < -0.39 is 0 Å². The Bertz CT molecular complexity index is 265. The van der Waals surface area contributed by atoms with Crippen LogP contribution in [-0.4, -0.2) is 35.3 Å². The Labute approximate surface area is 83.6 Å². The molecule has 14 heavy (non-hydrogen) atoms. The molecule has 2 amide bonds. The Morgan fingerprint density at radius 2 is 2.29 bits per heavy atom. The summed E-state index contributed by atoms with van der Waals surface area (Å²) >= 11 is 0. The second kappa shape index (κ2) is 3.59. The van der Waals surface area contributed by atoms with Gasteiger partial charge in [-0.1, -0.05) is 13.3 Å². The normalized spacial score (nSPS) is 31.6. The summed E-state index contributed by atoms with van der Waals surface area (Å²) in [5.74, 6) is 0.162. The van der Waals surface area contributed by atoms with Gasteiger partial charge in [-0.3, -0.25) is 9.59 Å². The SMILES string of the molecule is CCC[C@@H]1NC(=O)C2CCCN2C1=O. The van der Waals surface area contributed by atoms with Crippen molar-refractivity contribution < 1.29 is 9.59 Å². The van der Waals surface area contributed by atoms with E-state index in [1.165, 1.54) is 0 Å². The molecule has 0 radical (unpaired) electrons. The number of rotatable bonds is 2. The van der Waals surface area contributed by atoms with E-state index in [0.717, 1.165) is 32.2 Å². The summed E-state index contributed by atoms with van der Waals surface area (Å²) in [5, 5.41) is 2.81. The maximum absolute atomic E-state index is 11.9. The number of fused-ring (bicyclic) bond motifs is 1. The highest BCUT2D eigenvalue weighted by Crippen LogP contribution is 2.22. The zero-order chi connectivity index (χ0) is 10.1. The first-order valence-corrected chi connectivity index (χ1v) is 5.35. The van der Waals surface area contributed by atoms with Crippen LogP contribution in [0.4, 0.5) is 0 Å². The summed E-state index contributed by atoms with van der Waals surface area (Å²) in [4.78, 5) is 25.2. The first-order valence-electron chi connectivity index (χ1n) is 5.35. The molecule has 78 valence electrons. The number of nitrogens with one attached hydrogen (secondary N) is 1. The highest BCUT2D eigenvalue weighted by molar-refractivity contribution is 5.97. The highest BCUT2D eigenvalue weighted by Gasteiger charge is 2.42. The quantitative estimate of drug-likeness (QED) is 0.689. The minimum atomic E-state index is -0.262. The lowest BCUT2D eigenvalue weighted by Gasteiger charge is -2.34. The minimum Gasteiger partial charge on any atom is -0.343 e. The molecule has 0 aromatic rings. The van der Waals surface area contributed by atoms with E-state index in [2.05, 4.69) is 5.32 Å². The third-order valence-electron chi connectivity index (χ3n) is 3.03. The third kappa shape index (κ3) is 1.38. The number of carbonyl (C=O) groups is 2. The summed E-state index contributed by atoms with van der Waals surface area (Å²) < 4.78 is 0. The van der Waals surface area contributed by atoms with Gasteiger partial charge in [0.05, 0.1) is 0 Å². The summed E-state index contributed by atoms with van der Waals surface area (Å²) in [6.07, 6.45) is 3.47. The van der Waals surface area contributed by atoms with Crippen LogP contribution < -0.4 is 5.32 Å². The molecule has 2 aliphatic rings. The van der Waals surface area contributed by atoms with Crippen molar-refractivity contribution in [1.82, 2.24) is 10.2 Å². The summed E-state index contributed by atoms with van der Waals surface area (Å²) in [7, 11) is 0. The number of hydrogen-bond donors (Lipinski definition) is 1. The Hall–Kier alpha value is -1.06. The summed E-state index contributed by atoms with van der Waals surface area (Å²) in [6, 6.07) is -0.433. The van der Waals surface area contributed by atoms with Crippen molar-refractivity contribution in [1.29, 1.82) is 0 Å². The molecule has 2 heterocycles. The molecule has 0 saturated carbocycles. The molecule has 2 atom stereocenters. The van der Waals surface area contributed by atoms with Crippen LogP contribution >= 0.6 is 0 Å². The van der Waals surface area contributed by atoms with Gasteiger partial charge in [0.2, 0.25) is 11.8 Å². The Morgan fingerprint density at radius 3 is 3.00 bits per heavy atom. The van der Waals surface area contributed by atoms with Crippen LogP contribution in [0, 0.1) is 0 Å². The van der Waals surface area contributed by atoms with Crippen LogP contribution in [0.1, 0.15) is 32.6 Å². The van der Waals surface area contributed by atoms with Gasteiger partial charge in [0, 0.05) is 6.54 Å². The zero-order valence-electron chi connectivity index (χ0n) is 8.45. The number of piperazine rings is 1. The van der Waals surface area contributed by atoms with Crippen LogP contribution in [0.5, 0.6) is 0 Å². The third-order valence-corrected chi connectivity index (χ3v) is 3.03. The molecule has 0 bridgehead atoms. The van der Waals surface area contributed by atoms with Gasteiger partial charge >= 0.3 is 0 Å². The van der Waals surface area contributed by atoms with Crippen molar-refractivity contribution in [3.63, 3.8) is 0 Å². The molecule has 1 N–H and O–H groups in total. The topological polar surface area (TPSA) is 49.4 Å². The smallest absolute Gasteiger partial charge is 0.245 e. The maximum Gasteiger partial charge on any atom is 0.245 e. The largest absolute Gasteiger partial charge is 0.343 e. The number of carbonyl (C=O) groups excluding carboxylic acids is 2. The van der Waals surface area contributed by atoms with E-state index in [9.17, 15) is 9.59 Å². The van der Waals surface area contributed by atoms with E-state index in [1.54, 1.807) is 4.90 Å². The average Bonchev–Trinajstić information content (AvgIpc) is 2.63. The van der Waals surface area contributed by atoms with Crippen molar-refractivity contribution >= 4 is 11.8 Å². The van der Waals surface area contributed by atoms with E-state index in [4.69, 9.17) is 0 Å². The van der Waals surface area contributed by atoms with Gasteiger partial charge in [-0.05, 0) is 19.3 Å². The van der Waals surface area contributed by atoms with E-state index >= 15 is 0 Å². The average molecular weight is 196 g/mol. The van der Waals surface area contributed by atoms with Gasteiger partial charge < -0.3 is 10.2 Å². The predicted octanol–water partition coefficient (Wildman–Crippen LogP) is 0.276. The molecule has 4 nitrogen and oxygen atoms in total. The standard InChI is InChI=1S/C10H16N2O2/c1-2-4-7-10(14)12-6-3-5-8(12)9(13)11-7/h7-8H,2-6H2,1H3,(H,11,13)/t7-,8?/m0/s1. The maximum atomic E-state index is 11.9. The molecule has 2 fully saturated rings. The van der Waals surface area contributed by atoms with Gasteiger partial charge in [-0.25, -0.2) is 0 Å². The number of hydrogen-bond acceptors (Lipinski definition) is 2. The van der Waals surface area contributed by atoms with Crippen molar-refractivity contribution in [3.8, 4) is 0 Å². The fraction of sp³-hybridized carbons (Fsp3) is 0.800. The molecule has 0 aromatic carbocycles. The molecule has 2 rings (SSSR count). The van der Waals surface area contributed by atoms with Gasteiger partial charge in [0.1, 0.15) is 12.1 Å². The van der Waals surface area contributed by atoms with E-state index in [1.807, 2.05) is 6.92 Å². The molecule has 2 saturated heterocycles. The summed E-state index contributed by atoms with van der Waals surface area (Å²) in [6.45, 7) is 2.78. The lowest BCUT2D eigenvalue weighted by molar-refractivity contribution is -0.147. The van der Waals surface area contributed by atoms with Crippen molar-refractivity contribution in [3.05, 3.63) is 0 Å². The second-order valence-electron chi connectivity index (χ2n) is 4.04. The minimum absolute atomic E-state index is 0.0422. The molecule has 0 aromatic heterocycles. The van der Waals surface area contributed by atoms with Crippen LogP contribution in [0.15, 0.2) is 0 Å². The van der Waals surface area contributed by atoms with Crippen LogP contribution in [0.2, 0.25) is 0 Å². The molecule has 0 aliphatic carbocycles. The van der Waals surface area contributed by atoms with Crippen molar-refractivity contribution in [2.75, 3.05) is 6.54 Å². The molecular formula is C10H16N2O2. The van der Waals surface area contributed by atoms with Crippen LogP contribution in [0.3, 0.4) is 0 Å². The van der Waals surface area contributed by atoms with Gasteiger partial charge in [0.15, 0.2) is 0 Å². The summed E-state index contributed by atoms with van der Waals surface area (Å²) in [5.41, 5.74) is 0. The van der Waals surface area contributed by atoms with Crippen molar-refractivity contribution in [2.45, 2.75) is 44.7 Å². The number of amides is 2. The molecule has 4 heteroatoms. The molecule has 1 unspecified atom stereocenters. The monoisotopic (exact) mass is 196 g/mol. The lowest BCUT2D eigenvalue weighted by Crippen LogP contribution is -2.60. The van der Waals surface area contributed by atoms with Gasteiger partial charge in [-0.15, -0.1) is 0 Å². The predicted molar refractivity (Wildman–Crippen MR) is 51.6 cm³/mol. The van der Waals surface area contributed by atoms with Crippen LogP contribution in [0.25, 0.3) is 0 Å². The van der Waals surface area contributed by atoms with Crippen LogP contribution in [-0.2, 0) is 9.59 Å². The zero-order valence-corrected chi connectivity index (χ0v) is 8.45. The Morgan fingerprint density at radius 1 is 1.50 bits per heavy atom. The second-order valence-corrected chi connectivity index (χ2v) is 4.04. The highest BCUT2D eigenvalue weighted by atomic mass is 16.2. The fourth-order valence-corrected chi connectivity index (χ4v) is 2.32. The fourth-order valence-electron chi connectivity index (χ4n) is 2.32. The molecule has 2 aliphatic heterocycles. The lowest BCUT2D eigenvalue weighted by atomic mass is 10.0.